The third-order valence-electron chi connectivity index (χ3n) is 3.52. The lowest BCUT2D eigenvalue weighted by Gasteiger charge is -2.11. The summed E-state index contributed by atoms with van der Waals surface area (Å²) in [5, 5.41) is 4.60. The average Bonchev–Trinajstić information content (AvgIpc) is 2.93. The molecular formula is C15H17N5O. The Kier molecular flexibility index (Phi) is 3.89. The van der Waals surface area contributed by atoms with Gasteiger partial charge in [0.15, 0.2) is 0 Å². The molecule has 21 heavy (non-hydrogen) atoms. The van der Waals surface area contributed by atoms with E-state index < -0.39 is 0 Å². The van der Waals surface area contributed by atoms with Gasteiger partial charge in [-0.3, -0.25) is 10.6 Å². The second-order valence-corrected chi connectivity index (χ2v) is 5.12. The molecule has 1 fully saturated rings. The summed E-state index contributed by atoms with van der Waals surface area (Å²) in [4.78, 5) is 20.4. The lowest BCUT2D eigenvalue weighted by molar-refractivity contribution is 0.0927. The minimum absolute atomic E-state index is 0.0694. The van der Waals surface area contributed by atoms with Gasteiger partial charge in [-0.1, -0.05) is 30.3 Å². The average molecular weight is 283 g/mol. The Morgan fingerprint density at radius 2 is 1.90 bits per heavy atom. The summed E-state index contributed by atoms with van der Waals surface area (Å²) in [6.07, 6.45) is 4.19. The highest BCUT2D eigenvalue weighted by Crippen LogP contribution is 2.16. The molecule has 1 aromatic carbocycles. The molecule has 1 aliphatic heterocycles. The van der Waals surface area contributed by atoms with Crippen molar-refractivity contribution in [3.05, 3.63) is 48.5 Å². The molecule has 0 radical (unpaired) electrons. The molecule has 1 atom stereocenters. The molecular weight excluding hydrogens is 266 g/mol. The third kappa shape index (κ3) is 3.24. The molecule has 0 bridgehead atoms. The van der Waals surface area contributed by atoms with E-state index in [-0.39, 0.29) is 17.8 Å². The normalized spacial score (nSPS) is 18.6. The third-order valence-corrected chi connectivity index (χ3v) is 3.52. The van der Waals surface area contributed by atoms with E-state index in [0.29, 0.717) is 6.54 Å². The van der Waals surface area contributed by atoms with Crippen LogP contribution in [0.4, 0.5) is 0 Å². The Morgan fingerprint density at radius 1 is 1.19 bits per heavy atom. The quantitative estimate of drug-likeness (QED) is 0.815. The van der Waals surface area contributed by atoms with Gasteiger partial charge in [-0.15, -0.1) is 0 Å². The van der Waals surface area contributed by atoms with Crippen molar-refractivity contribution in [1.29, 1.82) is 0 Å². The van der Waals surface area contributed by atoms with Crippen molar-refractivity contribution in [2.24, 2.45) is 5.84 Å². The van der Waals surface area contributed by atoms with Crippen LogP contribution in [-0.4, -0.2) is 40.0 Å². The van der Waals surface area contributed by atoms with Crippen molar-refractivity contribution in [3.63, 3.8) is 0 Å². The van der Waals surface area contributed by atoms with Gasteiger partial charge < -0.3 is 5.32 Å². The van der Waals surface area contributed by atoms with E-state index in [0.717, 1.165) is 24.1 Å². The smallest absolute Gasteiger partial charge is 0.289 e. The molecule has 0 spiro atoms. The van der Waals surface area contributed by atoms with Gasteiger partial charge in [-0.05, 0) is 12.0 Å². The summed E-state index contributed by atoms with van der Waals surface area (Å²) >= 11 is 0. The number of rotatable bonds is 3. The number of benzene rings is 1. The first-order valence-electron chi connectivity index (χ1n) is 6.90. The highest BCUT2D eigenvalue weighted by atomic mass is 16.2. The monoisotopic (exact) mass is 283 g/mol. The molecule has 108 valence electrons. The number of carbonyl (C=O) groups excluding carboxylic acids is 1. The van der Waals surface area contributed by atoms with Crippen molar-refractivity contribution < 1.29 is 4.79 Å². The second kappa shape index (κ2) is 5.99. The second-order valence-electron chi connectivity index (χ2n) is 5.12. The van der Waals surface area contributed by atoms with Crippen LogP contribution in [0.25, 0.3) is 11.1 Å². The molecule has 3 rings (SSSR count). The van der Waals surface area contributed by atoms with E-state index in [2.05, 4.69) is 15.3 Å². The molecule has 0 aliphatic carbocycles. The van der Waals surface area contributed by atoms with E-state index in [4.69, 9.17) is 5.84 Å². The number of carbonyl (C=O) groups is 1. The summed E-state index contributed by atoms with van der Waals surface area (Å²) < 4.78 is 0. The topological polar surface area (TPSA) is 84.1 Å². The van der Waals surface area contributed by atoms with Crippen LogP contribution in [0.3, 0.4) is 0 Å². The summed E-state index contributed by atoms with van der Waals surface area (Å²) in [5.74, 6) is 5.61. The van der Waals surface area contributed by atoms with Gasteiger partial charge in [0, 0.05) is 37.1 Å². The Morgan fingerprint density at radius 3 is 2.52 bits per heavy atom. The van der Waals surface area contributed by atoms with Crippen LogP contribution in [0.1, 0.15) is 17.0 Å². The van der Waals surface area contributed by atoms with Crippen molar-refractivity contribution in [2.45, 2.75) is 12.5 Å². The SMILES string of the molecule is NN1CC[C@@H](NC(=O)c2ncc(-c3ccccc3)cn2)C1. The molecule has 2 aromatic rings. The Balaban J connectivity index is 1.68. The van der Waals surface area contributed by atoms with Gasteiger partial charge >= 0.3 is 0 Å². The highest BCUT2D eigenvalue weighted by Gasteiger charge is 2.22. The van der Waals surface area contributed by atoms with Crippen LogP contribution in [0.15, 0.2) is 42.7 Å². The number of nitrogens with zero attached hydrogens (tertiary/aromatic N) is 3. The lowest BCUT2D eigenvalue weighted by Crippen LogP contribution is -2.39. The molecule has 6 heteroatoms. The maximum absolute atomic E-state index is 12.1. The summed E-state index contributed by atoms with van der Waals surface area (Å²) in [7, 11) is 0. The van der Waals surface area contributed by atoms with E-state index in [1.165, 1.54) is 0 Å². The number of hydrogen-bond acceptors (Lipinski definition) is 5. The standard InChI is InChI=1S/C15H17N5O/c16-20-7-6-13(10-20)19-15(21)14-17-8-12(9-18-14)11-4-2-1-3-5-11/h1-5,8-9,13H,6-7,10,16H2,(H,19,21)/t13-/m1/s1. The number of hydrazine groups is 1. The fraction of sp³-hybridized carbons (Fsp3) is 0.267. The summed E-state index contributed by atoms with van der Waals surface area (Å²) in [6.45, 7) is 1.45. The fourth-order valence-corrected chi connectivity index (χ4v) is 2.38. The molecule has 3 N–H and O–H groups in total. The summed E-state index contributed by atoms with van der Waals surface area (Å²) in [6, 6.07) is 9.89. The largest absolute Gasteiger partial charge is 0.345 e. The van der Waals surface area contributed by atoms with E-state index in [9.17, 15) is 4.79 Å². The van der Waals surface area contributed by atoms with Crippen molar-refractivity contribution in [2.75, 3.05) is 13.1 Å². The molecule has 1 saturated heterocycles. The molecule has 6 nitrogen and oxygen atoms in total. The number of aromatic nitrogens is 2. The fourth-order valence-electron chi connectivity index (χ4n) is 2.38. The van der Waals surface area contributed by atoms with Crippen molar-refractivity contribution in [1.82, 2.24) is 20.3 Å². The van der Waals surface area contributed by atoms with E-state index >= 15 is 0 Å². The first-order valence-corrected chi connectivity index (χ1v) is 6.90. The van der Waals surface area contributed by atoms with Crippen LogP contribution >= 0.6 is 0 Å². The van der Waals surface area contributed by atoms with E-state index in [1.807, 2.05) is 30.3 Å². The van der Waals surface area contributed by atoms with Gasteiger partial charge in [0.25, 0.3) is 5.91 Å². The Bertz CT molecular complexity index is 614. The molecule has 0 unspecified atom stereocenters. The van der Waals surface area contributed by atoms with Crippen LogP contribution in [0.5, 0.6) is 0 Å². The Labute approximate surface area is 123 Å². The predicted molar refractivity (Wildman–Crippen MR) is 79.1 cm³/mol. The number of amides is 1. The zero-order valence-electron chi connectivity index (χ0n) is 11.6. The van der Waals surface area contributed by atoms with Gasteiger partial charge in [0.05, 0.1) is 0 Å². The van der Waals surface area contributed by atoms with Crippen molar-refractivity contribution >= 4 is 5.91 Å². The van der Waals surface area contributed by atoms with Gasteiger partial charge in [0.2, 0.25) is 5.82 Å². The maximum atomic E-state index is 12.1. The molecule has 2 heterocycles. The van der Waals surface area contributed by atoms with Crippen LogP contribution in [0, 0.1) is 0 Å². The van der Waals surface area contributed by atoms with Crippen molar-refractivity contribution in [3.8, 4) is 11.1 Å². The maximum Gasteiger partial charge on any atom is 0.289 e. The van der Waals surface area contributed by atoms with Gasteiger partial charge in [-0.2, -0.15) is 0 Å². The zero-order valence-corrected chi connectivity index (χ0v) is 11.6. The molecule has 1 amide bonds. The molecule has 0 saturated carbocycles. The van der Waals surface area contributed by atoms with E-state index in [1.54, 1.807) is 17.4 Å². The lowest BCUT2D eigenvalue weighted by atomic mass is 10.1. The minimum Gasteiger partial charge on any atom is -0.345 e. The number of nitrogens with one attached hydrogen (secondary N) is 1. The number of hydrogen-bond donors (Lipinski definition) is 2. The number of nitrogens with two attached hydrogens (primary N) is 1. The van der Waals surface area contributed by atoms with Crippen LogP contribution in [-0.2, 0) is 0 Å². The summed E-state index contributed by atoms with van der Waals surface area (Å²) in [5.41, 5.74) is 1.92. The van der Waals surface area contributed by atoms with Gasteiger partial charge in [0.1, 0.15) is 0 Å². The first-order chi connectivity index (χ1) is 10.2. The van der Waals surface area contributed by atoms with Crippen LogP contribution in [0.2, 0.25) is 0 Å². The van der Waals surface area contributed by atoms with Gasteiger partial charge in [-0.25, -0.2) is 15.0 Å². The highest BCUT2D eigenvalue weighted by molar-refractivity contribution is 5.90. The first kappa shape index (κ1) is 13.7. The minimum atomic E-state index is -0.255. The zero-order chi connectivity index (χ0) is 14.7. The predicted octanol–water partition coefficient (Wildman–Crippen LogP) is 0.821. The molecule has 1 aliphatic rings. The Hall–Kier alpha value is -2.31. The van der Waals surface area contributed by atoms with Crippen LogP contribution < -0.4 is 11.2 Å². The molecule has 1 aromatic heterocycles.